The summed E-state index contributed by atoms with van der Waals surface area (Å²) in [6.07, 6.45) is 2.62. The van der Waals surface area contributed by atoms with Crippen molar-refractivity contribution in [3.63, 3.8) is 0 Å². The molecule has 0 aromatic heterocycles. The van der Waals surface area contributed by atoms with E-state index in [1.807, 2.05) is 38.1 Å². The Hall–Kier alpha value is -1.55. The number of rotatable bonds is 3. The van der Waals surface area contributed by atoms with Crippen LogP contribution in [0.3, 0.4) is 0 Å². The molecule has 0 aliphatic rings. The van der Waals surface area contributed by atoms with Gasteiger partial charge in [0.1, 0.15) is 0 Å². The van der Waals surface area contributed by atoms with Crippen molar-refractivity contribution in [1.82, 2.24) is 0 Å². The van der Waals surface area contributed by atoms with Crippen LogP contribution in [0.2, 0.25) is 0 Å². The highest BCUT2D eigenvalue weighted by molar-refractivity contribution is 5.55. The van der Waals surface area contributed by atoms with Crippen LogP contribution in [-0.2, 0) is 5.41 Å². The molecule has 1 rings (SSSR count). The lowest BCUT2D eigenvalue weighted by atomic mass is 9.79. The zero-order chi connectivity index (χ0) is 10.6. The van der Waals surface area contributed by atoms with Crippen LogP contribution in [0.1, 0.15) is 31.4 Å². The van der Waals surface area contributed by atoms with Gasteiger partial charge in [0.15, 0.2) is 0 Å². The molecule has 72 valence electrons. The average molecular weight is 185 g/mol. The first-order valence-electron chi connectivity index (χ1n) is 4.81. The van der Waals surface area contributed by atoms with Gasteiger partial charge in [-0.3, -0.25) is 0 Å². The maximum Gasteiger partial charge on any atom is 0.0797 e. The second-order valence-corrected chi connectivity index (χ2v) is 3.59. The monoisotopic (exact) mass is 185 g/mol. The Labute approximate surface area is 85.7 Å². The van der Waals surface area contributed by atoms with Gasteiger partial charge in [0.05, 0.1) is 11.5 Å². The minimum absolute atomic E-state index is 0.398. The lowest BCUT2D eigenvalue weighted by Gasteiger charge is -2.22. The van der Waals surface area contributed by atoms with E-state index in [0.29, 0.717) is 0 Å². The molecule has 0 amide bonds. The van der Waals surface area contributed by atoms with E-state index in [-0.39, 0.29) is 0 Å². The van der Waals surface area contributed by atoms with Gasteiger partial charge < -0.3 is 0 Å². The molecule has 0 fully saturated rings. The third-order valence-corrected chi connectivity index (χ3v) is 2.73. The second-order valence-electron chi connectivity index (χ2n) is 3.59. The van der Waals surface area contributed by atoms with Gasteiger partial charge in [-0.15, -0.1) is 0 Å². The van der Waals surface area contributed by atoms with E-state index >= 15 is 0 Å². The van der Waals surface area contributed by atoms with E-state index in [4.69, 9.17) is 0 Å². The van der Waals surface area contributed by atoms with Crippen LogP contribution in [0.4, 0.5) is 0 Å². The molecular formula is C13H15N. The zero-order valence-corrected chi connectivity index (χ0v) is 8.75. The standard InChI is InChI=1S/C13H15N/c1-4-11-8-6-7-9-12(11)13(3,5-2)10-14/h4,6-9H,1,5H2,2-3H3. The summed E-state index contributed by atoms with van der Waals surface area (Å²) < 4.78 is 0. The number of benzene rings is 1. The molecule has 0 N–H and O–H groups in total. The second kappa shape index (κ2) is 4.11. The molecule has 14 heavy (non-hydrogen) atoms. The van der Waals surface area contributed by atoms with Crippen molar-refractivity contribution < 1.29 is 0 Å². The molecule has 0 heterocycles. The van der Waals surface area contributed by atoms with Gasteiger partial charge in [0, 0.05) is 0 Å². The maximum absolute atomic E-state index is 9.17. The lowest BCUT2D eigenvalue weighted by Crippen LogP contribution is -2.19. The Bertz CT molecular complexity index is 373. The molecule has 1 unspecified atom stereocenters. The topological polar surface area (TPSA) is 23.8 Å². The van der Waals surface area contributed by atoms with Crippen molar-refractivity contribution in [2.75, 3.05) is 0 Å². The summed E-state index contributed by atoms with van der Waals surface area (Å²) in [4.78, 5) is 0. The highest BCUT2D eigenvalue weighted by atomic mass is 14.4. The molecule has 0 aliphatic heterocycles. The van der Waals surface area contributed by atoms with Gasteiger partial charge in [0.2, 0.25) is 0 Å². The summed E-state index contributed by atoms with van der Waals surface area (Å²) in [5, 5.41) is 9.17. The molecule has 1 aromatic carbocycles. The van der Waals surface area contributed by atoms with Crippen LogP contribution in [-0.4, -0.2) is 0 Å². The molecule has 1 heteroatoms. The van der Waals surface area contributed by atoms with Crippen LogP contribution >= 0.6 is 0 Å². The third-order valence-electron chi connectivity index (χ3n) is 2.73. The lowest BCUT2D eigenvalue weighted by molar-refractivity contribution is 0.586. The third kappa shape index (κ3) is 1.70. The summed E-state index contributed by atoms with van der Waals surface area (Å²) in [6, 6.07) is 10.3. The van der Waals surface area contributed by atoms with E-state index in [2.05, 4.69) is 12.6 Å². The van der Waals surface area contributed by atoms with Gasteiger partial charge in [0.25, 0.3) is 0 Å². The molecule has 0 saturated heterocycles. The molecule has 0 radical (unpaired) electrons. The van der Waals surface area contributed by atoms with Crippen LogP contribution in [0, 0.1) is 11.3 Å². The highest BCUT2D eigenvalue weighted by Gasteiger charge is 2.25. The predicted molar refractivity (Wildman–Crippen MR) is 59.8 cm³/mol. The summed E-state index contributed by atoms with van der Waals surface area (Å²) in [6.45, 7) is 7.76. The normalized spacial score (nSPS) is 14.1. The quantitative estimate of drug-likeness (QED) is 0.706. The van der Waals surface area contributed by atoms with Gasteiger partial charge in [-0.1, -0.05) is 43.8 Å². The minimum atomic E-state index is -0.398. The first-order valence-corrected chi connectivity index (χ1v) is 4.81. The summed E-state index contributed by atoms with van der Waals surface area (Å²) in [5.74, 6) is 0. The van der Waals surface area contributed by atoms with Crippen molar-refractivity contribution in [2.24, 2.45) is 0 Å². The SMILES string of the molecule is C=Cc1ccccc1C(C)(C#N)CC. The Morgan fingerprint density at radius 2 is 2.14 bits per heavy atom. The molecule has 0 bridgehead atoms. The molecule has 0 saturated carbocycles. The highest BCUT2D eigenvalue weighted by Crippen LogP contribution is 2.29. The van der Waals surface area contributed by atoms with Crippen molar-refractivity contribution >= 4 is 6.08 Å². The Morgan fingerprint density at radius 1 is 1.50 bits per heavy atom. The maximum atomic E-state index is 9.17. The van der Waals surface area contributed by atoms with Crippen LogP contribution < -0.4 is 0 Å². The summed E-state index contributed by atoms with van der Waals surface area (Å²) in [5.41, 5.74) is 1.73. The molecule has 1 nitrogen and oxygen atoms in total. The van der Waals surface area contributed by atoms with E-state index in [0.717, 1.165) is 17.5 Å². The Morgan fingerprint density at radius 3 is 2.64 bits per heavy atom. The van der Waals surface area contributed by atoms with E-state index in [1.165, 1.54) is 0 Å². The van der Waals surface area contributed by atoms with Crippen LogP contribution in [0.15, 0.2) is 30.8 Å². The first-order chi connectivity index (χ1) is 6.68. The van der Waals surface area contributed by atoms with Crippen LogP contribution in [0.5, 0.6) is 0 Å². The molecular weight excluding hydrogens is 170 g/mol. The Kier molecular flexibility index (Phi) is 3.09. The fourth-order valence-corrected chi connectivity index (χ4v) is 1.51. The van der Waals surface area contributed by atoms with Gasteiger partial charge >= 0.3 is 0 Å². The van der Waals surface area contributed by atoms with Crippen molar-refractivity contribution in [1.29, 1.82) is 5.26 Å². The van der Waals surface area contributed by atoms with Crippen molar-refractivity contribution in [2.45, 2.75) is 25.7 Å². The molecule has 0 aliphatic carbocycles. The Balaban J connectivity index is 3.31. The van der Waals surface area contributed by atoms with Crippen molar-refractivity contribution in [3.8, 4) is 6.07 Å². The van der Waals surface area contributed by atoms with E-state index in [1.54, 1.807) is 6.08 Å². The van der Waals surface area contributed by atoms with Gasteiger partial charge in [-0.25, -0.2) is 0 Å². The summed E-state index contributed by atoms with van der Waals surface area (Å²) >= 11 is 0. The number of nitriles is 1. The number of nitrogens with zero attached hydrogens (tertiary/aromatic N) is 1. The smallest absolute Gasteiger partial charge is 0.0797 e. The number of hydrogen-bond donors (Lipinski definition) is 0. The van der Waals surface area contributed by atoms with Crippen LogP contribution in [0.25, 0.3) is 6.08 Å². The molecule has 0 spiro atoms. The average Bonchev–Trinajstić information content (AvgIpc) is 2.28. The van der Waals surface area contributed by atoms with E-state index < -0.39 is 5.41 Å². The fraction of sp³-hybridized carbons (Fsp3) is 0.308. The predicted octanol–water partition coefficient (Wildman–Crippen LogP) is 3.52. The zero-order valence-electron chi connectivity index (χ0n) is 8.75. The van der Waals surface area contributed by atoms with Gasteiger partial charge in [-0.05, 0) is 24.5 Å². The molecule has 1 aromatic rings. The van der Waals surface area contributed by atoms with Gasteiger partial charge in [-0.2, -0.15) is 5.26 Å². The van der Waals surface area contributed by atoms with E-state index in [9.17, 15) is 5.26 Å². The number of hydrogen-bond acceptors (Lipinski definition) is 1. The largest absolute Gasteiger partial charge is 0.197 e. The minimum Gasteiger partial charge on any atom is -0.197 e. The molecule has 1 atom stereocenters. The fourth-order valence-electron chi connectivity index (χ4n) is 1.51. The first kappa shape index (κ1) is 10.5. The van der Waals surface area contributed by atoms with Crippen molar-refractivity contribution in [3.05, 3.63) is 42.0 Å². The summed E-state index contributed by atoms with van der Waals surface area (Å²) in [7, 11) is 0.